The molecule has 0 spiro atoms. The van der Waals surface area contributed by atoms with Gasteiger partial charge in [-0.15, -0.1) is 11.6 Å². The maximum Gasteiger partial charge on any atom is 0.305 e. The Balaban J connectivity index is 3.48. The van der Waals surface area contributed by atoms with Crippen LogP contribution in [0, 0.1) is 0 Å². The molecule has 0 heterocycles. The summed E-state index contributed by atoms with van der Waals surface area (Å²) in [6, 6.07) is 0. The lowest BCUT2D eigenvalue weighted by molar-refractivity contribution is -0.146. The van der Waals surface area contributed by atoms with Gasteiger partial charge >= 0.3 is 11.9 Å². The lowest BCUT2D eigenvalue weighted by Gasteiger charge is -2.11. The Labute approximate surface area is 178 Å². The summed E-state index contributed by atoms with van der Waals surface area (Å²) in [6.07, 6.45) is 17.3. The number of ether oxygens (including phenoxy) is 2. The minimum Gasteiger partial charge on any atom is -0.464 e. The second-order valence-electron chi connectivity index (χ2n) is 7.71. The average Bonchev–Trinajstić information content (AvgIpc) is 2.69. The predicted octanol–water partition coefficient (Wildman–Crippen LogP) is 6.96. The molecule has 0 aromatic rings. The van der Waals surface area contributed by atoms with E-state index in [0.29, 0.717) is 12.8 Å². The van der Waals surface area contributed by atoms with Crippen LogP contribution in [0.15, 0.2) is 0 Å². The molecule has 4 nitrogen and oxygen atoms in total. The fourth-order valence-electron chi connectivity index (χ4n) is 3.01. The van der Waals surface area contributed by atoms with Crippen molar-refractivity contribution in [1.29, 1.82) is 0 Å². The first kappa shape index (κ1) is 27.2. The fraction of sp³-hybridized carbons (Fsp3) is 0.913. The Bertz CT molecular complexity index is 340. The van der Waals surface area contributed by atoms with Crippen LogP contribution in [0.2, 0.25) is 0 Å². The third kappa shape index (κ3) is 20.0. The van der Waals surface area contributed by atoms with Crippen molar-refractivity contribution < 1.29 is 19.1 Å². The van der Waals surface area contributed by atoms with E-state index < -0.39 is 5.38 Å². The van der Waals surface area contributed by atoms with E-state index in [0.717, 1.165) is 25.7 Å². The summed E-state index contributed by atoms with van der Waals surface area (Å²) in [7, 11) is 0. The molecule has 0 aliphatic heterocycles. The van der Waals surface area contributed by atoms with E-state index in [2.05, 4.69) is 13.8 Å². The summed E-state index contributed by atoms with van der Waals surface area (Å²) < 4.78 is 10.3. The highest BCUT2D eigenvalue weighted by Crippen LogP contribution is 2.10. The number of carbonyl (C=O) groups excluding carboxylic acids is 2. The van der Waals surface area contributed by atoms with Crippen molar-refractivity contribution in [2.75, 3.05) is 13.2 Å². The highest BCUT2D eigenvalue weighted by atomic mass is 35.5. The van der Waals surface area contributed by atoms with Gasteiger partial charge in [-0.05, 0) is 12.8 Å². The molecule has 0 atom stereocenters. The molecule has 166 valence electrons. The molecular weight excluding hydrogens is 376 g/mol. The molecular formula is C23H43ClO4. The van der Waals surface area contributed by atoms with Crippen LogP contribution in [-0.4, -0.2) is 30.5 Å². The van der Waals surface area contributed by atoms with E-state index in [-0.39, 0.29) is 25.2 Å². The quantitative estimate of drug-likeness (QED) is 0.122. The van der Waals surface area contributed by atoms with Crippen LogP contribution >= 0.6 is 11.6 Å². The van der Waals surface area contributed by atoms with Gasteiger partial charge in [0, 0.05) is 12.8 Å². The number of halogens is 1. The van der Waals surface area contributed by atoms with Gasteiger partial charge in [-0.1, -0.05) is 90.9 Å². The van der Waals surface area contributed by atoms with Gasteiger partial charge in [0.1, 0.15) is 18.6 Å². The van der Waals surface area contributed by atoms with Crippen molar-refractivity contribution in [3.63, 3.8) is 0 Å². The molecule has 0 amide bonds. The van der Waals surface area contributed by atoms with Crippen LogP contribution in [0.3, 0.4) is 0 Å². The Hall–Kier alpha value is -0.770. The highest BCUT2D eigenvalue weighted by Gasteiger charge is 2.12. The minimum atomic E-state index is -0.476. The van der Waals surface area contributed by atoms with Crippen LogP contribution in [0.4, 0.5) is 0 Å². The maximum atomic E-state index is 11.7. The van der Waals surface area contributed by atoms with Gasteiger partial charge < -0.3 is 9.47 Å². The molecule has 0 aromatic carbocycles. The number of hydrogen-bond donors (Lipinski definition) is 0. The van der Waals surface area contributed by atoms with Crippen molar-refractivity contribution in [1.82, 2.24) is 0 Å². The molecule has 0 radical (unpaired) electrons. The number of alkyl halides is 1. The van der Waals surface area contributed by atoms with E-state index in [1.165, 1.54) is 64.2 Å². The smallest absolute Gasteiger partial charge is 0.305 e. The zero-order valence-corrected chi connectivity index (χ0v) is 19.1. The molecule has 0 unspecified atom stereocenters. The average molecular weight is 419 g/mol. The Kier molecular flexibility index (Phi) is 20.4. The topological polar surface area (TPSA) is 52.6 Å². The van der Waals surface area contributed by atoms with E-state index in [1.807, 2.05) is 0 Å². The van der Waals surface area contributed by atoms with Crippen LogP contribution in [0.1, 0.15) is 117 Å². The second-order valence-corrected chi connectivity index (χ2v) is 8.32. The van der Waals surface area contributed by atoms with Gasteiger partial charge in [-0.2, -0.15) is 0 Å². The molecule has 0 saturated carbocycles. The molecule has 0 aliphatic rings. The molecule has 0 rings (SSSR count). The maximum absolute atomic E-state index is 11.7. The first-order chi connectivity index (χ1) is 13.6. The monoisotopic (exact) mass is 418 g/mol. The highest BCUT2D eigenvalue weighted by molar-refractivity contribution is 6.21. The van der Waals surface area contributed by atoms with Crippen LogP contribution in [-0.2, 0) is 19.1 Å². The fourth-order valence-corrected chi connectivity index (χ4v) is 3.14. The molecule has 28 heavy (non-hydrogen) atoms. The third-order valence-corrected chi connectivity index (χ3v) is 5.07. The van der Waals surface area contributed by atoms with Crippen molar-refractivity contribution in [3.8, 4) is 0 Å². The van der Waals surface area contributed by atoms with Crippen molar-refractivity contribution in [3.05, 3.63) is 0 Å². The van der Waals surface area contributed by atoms with Gasteiger partial charge in [-0.3, -0.25) is 9.59 Å². The number of rotatable bonds is 20. The van der Waals surface area contributed by atoms with Crippen molar-refractivity contribution >= 4 is 23.5 Å². The van der Waals surface area contributed by atoms with E-state index in [4.69, 9.17) is 21.1 Å². The van der Waals surface area contributed by atoms with Gasteiger partial charge in [0.15, 0.2) is 0 Å². The lowest BCUT2D eigenvalue weighted by Crippen LogP contribution is -2.21. The lowest BCUT2D eigenvalue weighted by atomic mass is 10.1. The second kappa shape index (κ2) is 21.0. The molecule has 0 bridgehead atoms. The summed E-state index contributed by atoms with van der Waals surface area (Å²) in [5.41, 5.74) is 0. The number of carbonyl (C=O) groups is 2. The SMILES string of the molecule is CCCCCCCCCC(=O)OCC(Cl)COC(=O)CCCCCCCCC. The first-order valence-electron chi connectivity index (χ1n) is 11.5. The molecule has 0 aromatic heterocycles. The number of hydrogen-bond acceptors (Lipinski definition) is 4. The number of esters is 2. The summed E-state index contributed by atoms with van der Waals surface area (Å²) in [5.74, 6) is -0.429. The van der Waals surface area contributed by atoms with Gasteiger partial charge in [0.05, 0.1) is 0 Å². The van der Waals surface area contributed by atoms with Gasteiger partial charge in [-0.25, -0.2) is 0 Å². The molecule has 0 aliphatic carbocycles. The van der Waals surface area contributed by atoms with Crippen LogP contribution in [0.5, 0.6) is 0 Å². The van der Waals surface area contributed by atoms with Crippen molar-refractivity contribution in [2.24, 2.45) is 0 Å². The Morgan fingerprint density at radius 3 is 1.29 bits per heavy atom. The molecule has 0 saturated heterocycles. The largest absolute Gasteiger partial charge is 0.464 e. The zero-order chi connectivity index (χ0) is 20.9. The first-order valence-corrected chi connectivity index (χ1v) is 12.0. The molecule has 0 N–H and O–H groups in total. The minimum absolute atomic E-state index is 0.0988. The Morgan fingerprint density at radius 1 is 0.607 bits per heavy atom. The van der Waals surface area contributed by atoms with E-state index >= 15 is 0 Å². The van der Waals surface area contributed by atoms with Gasteiger partial charge in [0.25, 0.3) is 0 Å². The summed E-state index contributed by atoms with van der Waals surface area (Å²) in [4.78, 5) is 23.4. The van der Waals surface area contributed by atoms with Crippen molar-refractivity contribution in [2.45, 2.75) is 122 Å². The predicted molar refractivity (Wildman–Crippen MR) is 117 cm³/mol. The summed E-state index contributed by atoms with van der Waals surface area (Å²) >= 11 is 6.08. The van der Waals surface area contributed by atoms with E-state index in [1.54, 1.807) is 0 Å². The normalized spacial score (nSPS) is 11.0. The summed E-state index contributed by atoms with van der Waals surface area (Å²) in [6.45, 7) is 4.61. The number of unbranched alkanes of at least 4 members (excludes halogenated alkanes) is 12. The Morgan fingerprint density at radius 2 is 0.929 bits per heavy atom. The molecule has 5 heteroatoms. The van der Waals surface area contributed by atoms with E-state index in [9.17, 15) is 9.59 Å². The van der Waals surface area contributed by atoms with Crippen LogP contribution in [0.25, 0.3) is 0 Å². The molecule has 0 fully saturated rings. The summed E-state index contributed by atoms with van der Waals surface area (Å²) in [5, 5.41) is -0.476. The third-order valence-electron chi connectivity index (χ3n) is 4.82. The van der Waals surface area contributed by atoms with Gasteiger partial charge in [0.2, 0.25) is 0 Å². The van der Waals surface area contributed by atoms with Crippen LogP contribution < -0.4 is 0 Å². The standard InChI is InChI=1S/C23H43ClO4/c1-3-5-7-9-11-13-15-17-22(25)27-19-21(24)20-28-23(26)18-16-14-12-10-8-6-4-2/h21H,3-20H2,1-2H3. The zero-order valence-electron chi connectivity index (χ0n) is 18.3.